The summed E-state index contributed by atoms with van der Waals surface area (Å²) in [5, 5.41) is 2.93. The van der Waals surface area contributed by atoms with Crippen LogP contribution in [0.4, 0.5) is 0 Å². The number of benzene rings is 1. The third-order valence-corrected chi connectivity index (χ3v) is 3.68. The molecule has 0 radical (unpaired) electrons. The molecule has 0 spiro atoms. The molecular weight excluding hydrogens is 356 g/mol. The number of carbonyl (C=O) groups excluding carboxylic acids is 1. The van der Waals surface area contributed by atoms with Gasteiger partial charge in [0.25, 0.3) is 0 Å². The number of hydrogen-bond acceptors (Lipinski definition) is 3. The molecule has 1 rings (SSSR count). The first-order valence-electron chi connectivity index (χ1n) is 6.96. The standard InChI is InChI=1S/C15H23BrN2O2.ClH/c1-20-14-8-7-12(10-13(14)16)11-18-15(19)6-4-2-3-5-9-17;/h7-8,10H,2-6,9,11,17H2,1H3,(H,18,19);1H. The van der Waals surface area contributed by atoms with E-state index in [1.54, 1.807) is 7.11 Å². The van der Waals surface area contributed by atoms with E-state index in [9.17, 15) is 4.79 Å². The number of unbranched alkanes of at least 4 members (excludes halogenated alkanes) is 3. The van der Waals surface area contributed by atoms with Crippen molar-refractivity contribution in [2.45, 2.75) is 38.6 Å². The van der Waals surface area contributed by atoms with Crippen LogP contribution in [-0.4, -0.2) is 19.6 Å². The number of hydrogen-bond donors (Lipinski definition) is 2. The Bertz CT molecular complexity index is 430. The fraction of sp³-hybridized carbons (Fsp3) is 0.533. The Kier molecular flexibility index (Phi) is 11.4. The molecule has 21 heavy (non-hydrogen) atoms. The minimum absolute atomic E-state index is 0. The monoisotopic (exact) mass is 378 g/mol. The van der Waals surface area contributed by atoms with E-state index in [4.69, 9.17) is 10.5 Å². The molecule has 0 bridgehead atoms. The zero-order valence-electron chi connectivity index (χ0n) is 12.4. The zero-order chi connectivity index (χ0) is 14.8. The smallest absolute Gasteiger partial charge is 0.220 e. The zero-order valence-corrected chi connectivity index (χ0v) is 14.8. The lowest BCUT2D eigenvalue weighted by atomic mass is 10.1. The summed E-state index contributed by atoms with van der Waals surface area (Å²) in [5.41, 5.74) is 6.47. The highest BCUT2D eigenvalue weighted by Crippen LogP contribution is 2.25. The second-order valence-electron chi connectivity index (χ2n) is 4.70. The fourth-order valence-electron chi connectivity index (χ4n) is 1.89. The molecule has 0 atom stereocenters. The topological polar surface area (TPSA) is 64.3 Å². The number of ether oxygens (including phenoxy) is 1. The fourth-order valence-corrected chi connectivity index (χ4v) is 2.48. The van der Waals surface area contributed by atoms with Gasteiger partial charge in [-0.25, -0.2) is 0 Å². The van der Waals surface area contributed by atoms with Crippen molar-refractivity contribution in [2.24, 2.45) is 5.73 Å². The summed E-state index contributed by atoms with van der Waals surface area (Å²) in [6.45, 7) is 1.28. The van der Waals surface area contributed by atoms with Gasteiger partial charge in [0.2, 0.25) is 5.91 Å². The van der Waals surface area contributed by atoms with Crippen molar-refractivity contribution in [1.82, 2.24) is 5.32 Å². The molecular formula is C15H24BrClN2O2. The minimum atomic E-state index is 0. The molecule has 6 heteroatoms. The summed E-state index contributed by atoms with van der Waals surface area (Å²) in [5.74, 6) is 0.893. The average molecular weight is 380 g/mol. The maximum absolute atomic E-state index is 11.7. The first kappa shape index (κ1) is 20.2. The second-order valence-corrected chi connectivity index (χ2v) is 5.55. The largest absolute Gasteiger partial charge is 0.496 e. The summed E-state index contributed by atoms with van der Waals surface area (Å²) in [6, 6.07) is 5.80. The van der Waals surface area contributed by atoms with Crippen LogP contribution >= 0.6 is 28.3 Å². The first-order valence-corrected chi connectivity index (χ1v) is 7.76. The highest BCUT2D eigenvalue weighted by atomic mass is 79.9. The van der Waals surface area contributed by atoms with E-state index in [-0.39, 0.29) is 18.3 Å². The number of rotatable bonds is 9. The van der Waals surface area contributed by atoms with E-state index in [0.717, 1.165) is 48.0 Å². The summed E-state index contributed by atoms with van der Waals surface area (Å²) >= 11 is 3.43. The second kappa shape index (κ2) is 11.8. The van der Waals surface area contributed by atoms with Crippen molar-refractivity contribution in [3.05, 3.63) is 28.2 Å². The summed E-state index contributed by atoms with van der Waals surface area (Å²) < 4.78 is 6.06. The van der Waals surface area contributed by atoms with Crippen LogP contribution in [0.1, 0.15) is 37.7 Å². The van der Waals surface area contributed by atoms with Crippen molar-refractivity contribution in [3.63, 3.8) is 0 Å². The molecule has 0 aliphatic rings. The molecule has 0 heterocycles. The van der Waals surface area contributed by atoms with Crippen molar-refractivity contribution >= 4 is 34.2 Å². The van der Waals surface area contributed by atoms with Crippen LogP contribution in [0.5, 0.6) is 5.75 Å². The Morgan fingerprint density at radius 2 is 2.00 bits per heavy atom. The molecule has 0 aromatic heterocycles. The average Bonchev–Trinajstić information content (AvgIpc) is 2.45. The van der Waals surface area contributed by atoms with Gasteiger partial charge in [0.15, 0.2) is 0 Å². The van der Waals surface area contributed by atoms with E-state index in [0.29, 0.717) is 13.0 Å². The lowest BCUT2D eigenvalue weighted by Crippen LogP contribution is -2.22. The summed E-state index contributed by atoms with van der Waals surface area (Å²) in [4.78, 5) is 11.7. The summed E-state index contributed by atoms with van der Waals surface area (Å²) in [7, 11) is 1.63. The lowest BCUT2D eigenvalue weighted by Gasteiger charge is -2.08. The van der Waals surface area contributed by atoms with Crippen LogP contribution < -0.4 is 15.8 Å². The van der Waals surface area contributed by atoms with Gasteiger partial charge in [-0.05, 0) is 53.0 Å². The molecule has 0 unspecified atom stereocenters. The van der Waals surface area contributed by atoms with Crippen LogP contribution in [0.2, 0.25) is 0 Å². The van der Waals surface area contributed by atoms with Gasteiger partial charge in [-0.15, -0.1) is 12.4 Å². The van der Waals surface area contributed by atoms with Crippen molar-refractivity contribution in [2.75, 3.05) is 13.7 Å². The summed E-state index contributed by atoms with van der Waals surface area (Å²) in [6.07, 6.45) is 4.73. The normalized spacial score (nSPS) is 9.86. The number of nitrogens with two attached hydrogens (primary N) is 1. The SMILES string of the molecule is COc1ccc(CNC(=O)CCCCCCN)cc1Br.Cl. The Balaban J connectivity index is 0.00000400. The number of amides is 1. The van der Waals surface area contributed by atoms with Crippen LogP contribution in [-0.2, 0) is 11.3 Å². The lowest BCUT2D eigenvalue weighted by molar-refractivity contribution is -0.121. The van der Waals surface area contributed by atoms with Gasteiger partial charge in [0, 0.05) is 13.0 Å². The molecule has 120 valence electrons. The van der Waals surface area contributed by atoms with Crippen LogP contribution in [0.3, 0.4) is 0 Å². The molecule has 1 aromatic rings. The van der Waals surface area contributed by atoms with E-state index >= 15 is 0 Å². The molecule has 0 fully saturated rings. The Labute approximate surface area is 141 Å². The molecule has 0 saturated carbocycles. The Hall–Kier alpha value is -0.780. The highest BCUT2D eigenvalue weighted by Gasteiger charge is 2.04. The molecule has 1 aromatic carbocycles. The van der Waals surface area contributed by atoms with E-state index in [1.165, 1.54) is 0 Å². The maximum Gasteiger partial charge on any atom is 0.220 e. The molecule has 3 N–H and O–H groups in total. The van der Waals surface area contributed by atoms with Crippen molar-refractivity contribution < 1.29 is 9.53 Å². The number of methoxy groups -OCH3 is 1. The number of nitrogens with one attached hydrogen (secondary N) is 1. The first-order chi connectivity index (χ1) is 9.67. The van der Waals surface area contributed by atoms with Crippen LogP contribution in [0.15, 0.2) is 22.7 Å². The number of carbonyl (C=O) groups is 1. The van der Waals surface area contributed by atoms with Gasteiger partial charge in [0.1, 0.15) is 5.75 Å². The Morgan fingerprint density at radius 3 is 2.62 bits per heavy atom. The Morgan fingerprint density at radius 1 is 1.29 bits per heavy atom. The van der Waals surface area contributed by atoms with E-state index < -0.39 is 0 Å². The van der Waals surface area contributed by atoms with Gasteiger partial charge in [0.05, 0.1) is 11.6 Å². The number of halogens is 2. The molecule has 4 nitrogen and oxygen atoms in total. The molecule has 0 aliphatic heterocycles. The minimum Gasteiger partial charge on any atom is -0.496 e. The van der Waals surface area contributed by atoms with E-state index in [2.05, 4.69) is 21.2 Å². The van der Waals surface area contributed by atoms with Gasteiger partial charge in [-0.2, -0.15) is 0 Å². The molecule has 0 saturated heterocycles. The third kappa shape index (κ3) is 8.29. The van der Waals surface area contributed by atoms with Crippen LogP contribution in [0.25, 0.3) is 0 Å². The van der Waals surface area contributed by atoms with Gasteiger partial charge in [-0.1, -0.05) is 18.9 Å². The highest BCUT2D eigenvalue weighted by molar-refractivity contribution is 9.10. The van der Waals surface area contributed by atoms with Gasteiger partial charge >= 0.3 is 0 Å². The van der Waals surface area contributed by atoms with Crippen LogP contribution in [0, 0.1) is 0 Å². The van der Waals surface area contributed by atoms with Crippen molar-refractivity contribution in [1.29, 1.82) is 0 Å². The quantitative estimate of drug-likeness (QED) is 0.646. The predicted molar refractivity (Wildman–Crippen MR) is 91.9 cm³/mol. The van der Waals surface area contributed by atoms with E-state index in [1.807, 2.05) is 18.2 Å². The van der Waals surface area contributed by atoms with Gasteiger partial charge in [-0.3, -0.25) is 4.79 Å². The molecule has 0 aliphatic carbocycles. The van der Waals surface area contributed by atoms with Gasteiger partial charge < -0.3 is 15.8 Å². The maximum atomic E-state index is 11.7. The third-order valence-electron chi connectivity index (χ3n) is 3.06. The van der Waals surface area contributed by atoms with Crippen molar-refractivity contribution in [3.8, 4) is 5.75 Å². The molecule has 1 amide bonds. The predicted octanol–water partition coefficient (Wildman–Crippen LogP) is 3.40.